The summed E-state index contributed by atoms with van der Waals surface area (Å²) in [6, 6.07) is 10.3. The van der Waals surface area contributed by atoms with Crippen molar-refractivity contribution in [3.8, 4) is 0 Å². The van der Waals surface area contributed by atoms with Gasteiger partial charge in [-0.3, -0.25) is 9.69 Å². The van der Waals surface area contributed by atoms with Gasteiger partial charge in [-0.1, -0.05) is 37.3 Å². The molecule has 2 N–H and O–H groups in total. The largest absolute Gasteiger partial charge is 0.341 e. The number of carbonyl (C=O) groups is 1. The molecule has 3 atom stereocenters. The molecule has 3 rings (SSSR count). The number of nitrogens with zero attached hydrogens (tertiary/aromatic N) is 2. The molecule has 3 unspecified atom stereocenters. The van der Waals surface area contributed by atoms with Crippen LogP contribution in [0.25, 0.3) is 0 Å². The number of nitrogens with two attached hydrogens (primary N) is 1. The van der Waals surface area contributed by atoms with E-state index in [-0.39, 0.29) is 42.7 Å². The van der Waals surface area contributed by atoms with Crippen molar-refractivity contribution in [3.63, 3.8) is 0 Å². The zero-order valence-corrected chi connectivity index (χ0v) is 16.6. The van der Waals surface area contributed by atoms with Gasteiger partial charge in [-0.15, -0.1) is 24.8 Å². The average molecular weight is 388 g/mol. The maximum absolute atomic E-state index is 12.9. The van der Waals surface area contributed by atoms with Crippen LogP contribution in [0.15, 0.2) is 30.3 Å². The van der Waals surface area contributed by atoms with Crippen molar-refractivity contribution < 1.29 is 4.79 Å². The molecule has 25 heavy (non-hydrogen) atoms. The van der Waals surface area contributed by atoms with Crippen molar-refractivity contribution in [2.75, 3.05) is 26.2 Å². The molecule has 0 aromatic heterocycles. The van der Waals surface area contributed by atoms with Crippen molar-refractivity contribution >= 4 is 30.7 Å². The minimum absolute atomic E-state index is 0. The number of benzene rings is 1. The van der Waals surface area contributed by atoms with Gasteiger partial charge < -0.3 is 10.6 Å². The number of piperidine rings is 1. The fraction of sp³-hybridized carbons (Fsp3) is 0.632. The van der Waals surface area contributed by atoms with Gasteiger partial charge >= 0.3 is 0 Å². The van der Waals surface area contributed by atoms with Crippen molar-refractivity contribution in [2.45, 2.75) is 44.7 Å². The number of halogens is 2. The van der Waals surface area contributed by atoms with Crippen LogP contribution in [0.5, 0.6) is 0 Å². The van der Waals surface area contributed by atoms with Gasteiger partial charge in [-0.05, 0) is 44.3 Å². The first-order chi connectivity index (χ1) is 11.2. The standard InChI is InChI=1S/C19H29N3O.2ClH/c1-15(18(20)16-8-3-2-4-9-16)19(23)22-13-7-10-17(14-22)21-11-5-6-12-21;;/h2-4,8-9,15,17-18H,5-7,10-14,20H2,1H3;2*1H. The molecule has 0 bridgehead atoms. The van der Waals surface area contributed by atoms with Gasteiger partial charge in [-0.25, -0.2) is 0 Å². The van der Waals surface area contributed by atoms with Crippen LogP contribution in [0.4, 0.5) is 0 Å². The van der Waals surface area contributed by atoms with E-state index in [0.717, 1.165) is 25.1 Å². The molecule has 6 heteroatoms. The predicted molar refractivity (Wildman–Crippen MR) is 107 cm³/mol. The Hall–Kier alpha value is -0.810. The predicted octanol–water partition coefficient (Wildman–Crippen LogP) is 3.25. The van der Waals surface area contributed by atoms with Crippen LogP contribution >= 0.6 is 24.8 Å². The highest BCUT2D eigenvalue weighted by Crippen LogP contribution is 2.25. The van der Waals surface area contributed by atoms with Crippen molar-refractivity contribution in [3.05, 3.63) is 35.9 Å². The molecular weight excluding hydrogens is 357 g/mol. The van der Waals surface area contributed by atoms with Gasteiger partial charge in [-0.2, -0.15) is 0 Å². The Morgan fingerprint density at radius 1 is 1.08 bits per heavy atom. The molecule has 1 aromatic carbocycles. The summed E-state index contributed by atoms with van der Waals surface area (Å²) >= 11 is 0. The van der Waals surface area contributed by atoms with Gasteiger partial charge in [0.25, 0.3) is 0 Å². The third kappa shape index (κ3) is 5.33. The molecule has 0 spiro atoms. The zero-order chi connectivity index (χ0) is 16.2. The highest BCUT2D eigenvalue weighted by molar-refractivity contribution is 5.85. The molecule has 2 aliphatic rings. The van der Waals surface area contributed by atoms with E-state index in [1.807, 2.05) is 37.3 Å². The zero-order valence-electron chi connectivity index (χ0n) is 15.0. The van der Waals surface area contributed by atoms with Gasteiger partial charge in [0.05, 0.1) is 5.92 Å². The molecule has 4 nitrogen and oxygen atoms in total. The van der Waals surface area contributed by atoms with E-state index in [0.29, 0.717) is 6.04 Å². The summed E-state index contributed by atoms with van der Waals surface area (Å²) < 4.78 is 0. The summed E-state index contributed by atoms with van der Waals surface area (Å²) in [5.41, 5.74) is 7.39. The molecule has 1 amide bonds. The summed E-state index contributed by atoms with van der Waals surface area (Å²) in [6.07, 6.45) is 4.95. The number of likely N-dealkylation sites (tertiary alicyclic amines) is 2. The summed E-state index contributed by atoms with van der Waals surface area (Å²) in [6.45, 7) is 6.14. The van der Waals surface area contributed by atoms with Crippen LogP contribution in [0.2, 0.25) is 0 Å². The SMILES string of the molecule is CC(C(=O)N1CCCC(N2CCCC2)C1)C(N)c1ccccc1.Cl.Cl. The lowest BCUT2D eigenvalue weighted by atomic mass is 9.93. The van der Waals surface area contributed by atoms with Crippen LogP contribution in [-0.4, -0.2) is 47.9 Å². The topological polar surface area (TPSA) is 49.6 Å². The monoisotopic (exact) mass is 387 g/mol. The molecule has 0 radical (unpaired) electrons. The average Bonchev–Trinajstić information content (AvgIpc) is 3.15. The number of hydrogen-bond acceptors (Lipinski definition) is 3. The van der Waals surface area contributed by atoms with E-state index in [9.17, 15) is 4.79 Å². The number of carbonyl (C=O) groups excluding carboxylic acids is 1. The van der Waals surface area contributed by atoms with E-state index < -0.39 is 0 Å². The first-order valence-corrected chi connectivity index (χ1v) is 9.00. The second kappa shape index (κ2) is 10.4. The molecule has 2 saturated heterocycles. The Morgan fingerprint density at radius 3 is 2.36 bits per heavy atom. The van der Waals surface area contributed by atoms with Gasteiger partial charge in [0.2, 0.25) is 5.91 Å². The lowest BCUT2D eigenvalue weighted by molar-refractivity contribution is -0.137. The van der Waals surface area contributed by atoms with Crippen molar-refractivity contribution in [1.29, 1.82) is 0 Å². The van der Waals surface area contributed by atoms with Crippen molar-refractivity contribution in [2.24, 2.45) is 11.7 Å². The number of rotatable bonds is 4. The summed E-state index contributed by atoms with van der Waals surface area (Å²) in [5, 5.41) is 0. The quantitative estimate of drug-likeness (QED) is 0.862. The van der Waals surface area contributed by atoms with Gasteiger partial charge in [0.15, 0.2) is 0 Å². The fourth-order valence-corrected chi connectivity index (χ4v) is 3.97. The summed E-state index contributed by atoms with van der Waals surface area (Å²) in [4.78, 5) is 17.5. The Kier molecular flexibility index (Phi) is 9.22. The van der Waals surface area contributed by atoms with E-state index in [1.54, 1.807) is 0 Å². The van der Waals surface area contributed by atoms with Crippen LogP contribution in [0.3, 0.4) is 0 Å². The van der Waals surface area contributed by atoms with Crippen LogP contribution in [-0.2, 0) is 4.79 Å². The maximum atomic E-state index is 12.9. The molecule has 0 saturated carbocycles. The normalized spacial score (nSPS) is 23.3. The Bertz CT molecular complexity index is 523. The highest BCUT2D eigenvalue weighted by Gasteiger charge is 2.32. The molecule has 2 heterocycles. The maximum Gasteiger partial charge on any atom is 0.227 e. The number of amides is 1. The van der Waals surface area contributed by atoms with Gasteiger partial charge in [0.1, 0.15) is 0 Å². The second-order valence-corrected chi connectivity index (χ2v) is 7.05. The molecular formula is C19H31Cl2N3O. The lowest BCUT2D eigenvalue weighted by Crippen LogP contribution is -2.51. The highest BCUT2D eigenvalue weighted by atomic mass is 35.5. The third-order valence-electron chi connectivity index (χ3n) is 5.48. The fourth-order valence-electron chi connectivity index (χ4n) is 3.97. The van der Waals surface area contributed by atoms with E-state index >= 15 is 0 Å². The minimum Gasteiger partial charge on any atom is -0.341 e. The van der Waals surface area contributed by atoms with E-state index in [2.05, 4.69) is 9.80 Å². The Balaban J connectivity index is 0.00000156. The van der Waals surface area contributed by atoms with Crippen LogP contribution < -0.4 is 5.73 Å². The van der Waals surface area contributed by atoms with Gasteiger partial charge in [0, 0.05) is 25.2 Å². The van der Waals surface area contributed by atoms with Crippen LogP contribution in [0, 0.1) is 5.92 Å². The first-order valence-electron chi connectivity index (χ1n) is 9.00. The molecule has 1 aromatic rings. The third-order valence-corrected chi connectivity index (χ3v) is 5.48. The minimum atomic E-state index is -0.226. The Morgan fingerprint density at radius 2 is 1.72 bits per heavy atom. The van der Waals surface area contributed by atoms with Crippen LogP contribution in [0.1, 0.15) is 44.2 Å². The van der Waals surface area contributed by atoms with E-state index in [4.69, 9.17) is 5.73 Å². The molecule has 142 valence electrons. The summed E-state index contributed by atoms with van der Waals surface area (Å²) in [5.74, 6) is 0.0416. The Labute approximate surface area is 163 Å². The summed E-state index contributed by atoms with van der Waals surface area (Å²) in [7, 11) is 0. The second-order valence-electron chi connectivity index (χ2n) is 7.05. The molecule has 2 fully saturated rings. The molecule has 2 aliphatic heterocycles. The van der Waals surface area contributed by atoms with Crippen molar-refractivity contribution in [1.82, 2.24) is 9.80 Å². The lowest BCUT2D eigenvalue weighted by Gasteiger charge is -2.39. The smallest absolute Gasteiger partial charge is 0.227 e. The number of hydrogen-bond donors (Lipinski definition) is 1. The first kappa shape index (κ1) is 22.2. The van der Waals surface area contributed by atoms with E-state index in [1.165, 1.54) is 32.4 Å². The molecule has 0 aliphatic carbocycles.